The van der Waals surface area contributed by atoms with E-state index in [2.05, 4.69) is 31.6 Å². The summed E-state index contributed by atoms with van der Waals surface area (Å²) in [5, 5.41) is 48.5. The number of benzene rings is 3. The van der Waals surface area contributed by atoms with Crippen LogP contribution in [0.2, 0.25) is 0 Å². The Morgan fingerprint density at radius 2 is 1.32 bits per heavy atom. The first kappa shape index (κ1) is 44.3. The molecule has 0 aliphatic rings. The smallest absolute Gasteiger partial charge is 0.408 e. The quantitative estimate of drug-likeness (QED) is 0.0861. The number of anilines is 3. The molecule has 20 nitrogen and oxygen atoms in total. The summed E-state index contributed by atoms with van der Waals surface area (Å²) in [6, 6.07) is 9.21. The third-order valence-electron chi connectivity index (χ3n) is 8.11. The number of phenolic OH excluding ortho intramolecular Hbond substituents is 1. The molecule has 4 rings (SSSR count). The second kappa shape index (κ2) is 18.3. The maximum absolute atomic E-state index is 13.6. The molecule has 0 aliphatic heterocycles. The molecule has 0 bridgehead atoms. The molecule has 20 heteroatoms. The molecule has 0 radical (unpaired) electrons. The highest BCUT2D eigenvalue weighted by Gasteiger charge is 2.28. The first-order valence-electron chi connectivity index (χ1n) is 17.7. The first-order valence-corrected chi connectivity index (χ1v) is 17.7. The summed E-state index contributed by atoms with van der Waals surface area (Å²) in [4.78, 5) is 76.4. The Labute approximate surface area is 337 Å². The number of ether oxygens (including phenoxy) is 4. The lowest BCUT2D eigenvalue weighted by molar-refractivity contribution is -0.157. The second-order valence-corrected chi connectivity index (χ2v) is 14.8. The molecule has 0 fully saturated rings. The van der Waals surface area contributed by atoms with Gasteiger partial charge in [0.05, 0.1) is 48.5 Å². The molecule has 59 heavy (non-hydrogen) atoms. The molecular formula is C39H45N7O13. The minimum absolute atomic E-state index is 0.0112. The fourth-order valence-corrected chi connectivity index (χ4v) is 5.18. The van der Waals surface area contributed by atoms with Crippen LogP contribution in [0.3, 0.4) is 0 Å². The molecule has 4 amide bonds. The average Bonchev–Trinajstić information content (AvgIpc) is 3.59. The Hall–Kier alpha value is -7.38. The zero-order chi connectivity index (χ0) is 43.8. The lowest BCUT2D eigenvalue weighted by Gasteiger charge is -2.23. The van der Waals surface area contributed by atoms with E-state index in [0.29, 0.717) is 5.69 Å². The predicted octanol–water partition coefficient (Wildman–Crippen LogP) is 4.53. The summed E-state index contributed by atoms with van der Waals surface area (Å²) in [5.74, 6) is -6.07. The molecule has 314 valence electrons. The Morgan fingerprint density at radius 1 is 0.763 bits per heavy atom. The number of aromatic carboxylic acids is 1. The zero-order valence-electron chi connectivity index (χ0n) is 33.5. The Balaban J connectivity index is 1.47. The van der Waals surface area contributed by atoms with Gasteiger partial charge in [0.15, 0.2) is 29.7 Å². The fourth-order valence-electron chi connectivity index (χ4n) is 5.18. The molecule has 0 aliphatic carbocycles. The van der Waals surface area contributed by atoms with Crippen LogP contribution in [0.5, 0.6) is 23.0 Å². The van der Waals surface area contributed by atoms with Crippen LogP contribution < -0.4 is 30.7 Å². The van der Waals surface area contributed by atoms with Crippen LogP contribution in [-0.2, 0) is 32.2 Å². The van der Waals surface area contributed by atoms with Gasteiger partial charge in [-0.05, 0) is 90.1 Å². The average molecular weight is 820 g/mol. The number of carbonyl (C=O) groups excluding carboxylic acids is 5. The number of aromatic hydroxyl groups is 2. The number of alkyl carbamates (subject to hydrolysis) is 1. The van der Waals surface area contributed by atoms with Crippen LogP contribution in [0.15, 0.2) is 54.7 Å². The summed E-state index contributed by atoms with van der Waals surface area (Å²) < 4.78 is 22.3. The molecule has 4 aromatic rings. The molecule has 0 unspecified atom stereocenters. The van der Waals surface area contributed by atoms with Gasteiger partial charge in [0, 0.05) is 17.7 Å². The van der Waals surface area contributed by atoms with Crippen LogP contribution >= 0.6 is 0 Å². The normalized spacial score (nSPS) is 11.7. The van der Waals surface area contributed by atoms with E-state index in [1.54, 1.807) is 41.5 Å². The number of phenols is 2. The van der Waals surface area contributed by atoms with Gasteiger partial charge in [0.1, 0.15) is 17.2 Å². The molecule has 1 heterocycles. The summed E-state index contributed by atoms with van der Waals surface area (Å²) in [6.07, 6.45) is 0.365. The summed E-state index contributed by atoms with van der Waals surface area (Å²) >= 11 is 0. The van der Waals surface area contributed by atoms with Gasteiger partial charge in [-0.1, -0.05) is 5.21 Å². The van der Waals surface area contributed by atoms with Crippen LogP contribution in [-0.4, -0.2) is 91.9 Å². The maximum Gasteiger partial charge on any atom is 0.408 e. The van der Waals surface area contributed by atoms with Crippen molar-refractivity contribution in [2.45, 2.75) is 66.3 Å². The number of nitrogens with zero attached hydrogens (tertiary/aromatic N) is 3. The molecule has 0 saturated heterocycles. The number of hydrogen-bond acceptors (Lipinski definition) is 14. The van der Waals surface area contributed by atoms with E-state index in [0.717, 1.165) is 13.2 Å². The number of rotatable bonds is 14. The van der Waals surface area contributed by atoms with Crippen LogP contribution in [0, 0.1) is 5.41 Å². The number of methoxy groups -OCH3 is 2. The lowest BCUT2D eigenvalue weighted by atomic mass is 9.98. The molecule has 0 spiro atoms. The second-order valence-electron chi connectivity index (χ2n) is 14.8. The van der Waals surface area contributed by atoms with E-state index in [-0.39, 0.29) is 52.8 Å². The first-order chi connectivity index (χ1) is 27.6. The van der Waals surface area contributed by atoms with E-state index >= 15 is 0 Å². The van der Waals surface area contributed by atoms with E-state index in [1.165, 1.54) is 60.5 Å². The maximum atomic E-state index is 13.6. The van der Waals surface area contributed by atoms with Crippen LogP contribution in [0.25, 0.3) is 0 Å². The number of amides is 4. The van der Waals surface area contributed by atoms with Crippen LogP contribution in [0.4, 0.5) is 21.9 Å². The van der Waals surface area contributed by atoms with Gasteiger partial charge in [0.25, 0.3) is 11.8 Å². The SMILES string of the molecule is COc1c(NC(=O)c2ccc(NC(=O)c3ccc(NC(=O)[C@H](Cc4cnnn4COC(=O)C(C)(C)C)NC(=O)OC(C)(C)C)cc3)c(OC)c2O)ccc(C(=O)O)c1O. The minimum atomic E-state index is -1.42. The summed E-state index contributed by atoms with van der Waals surface area (Å²) in [6.45, 7) is 9.77. The van der Waals surface area contributed by atoms with E-state index in [4.69, 9.17) is 18.9 Å². The topological polar surface area (TPSA) is 279 Å². The van der Waals surface area contributed by atoms with Crippen molar-refractivity contribution in [1.82, 2.24) is 20.3 Å². The molecule has 1 atom stereocenters. The van der Waals surface area contributed by atoms with Gasteiger partial charge in [0.2, 0.25) is 5.91 Å². The Kier molecular flexibility index (Phi) is 13.7. The van der Waals surface area contributed by atoms with Crippen molar-refractivity contribution in [2.24, 2.45) is 5.41 Å². The van der Waals surface area contributed by atoms with Crippen molar-refractivity contribution in [1.29, 1.82) is 0 Å². The van der Waals surface area contributed by atoms with E-state index in [9.17, 15) is 44.1 Å². The number of hydrogen-bond donors (Lipinski definition) is 7. The number of carbonyl (C=O) groups is 6. The number of nitrogens with one attached hydrogen (secondary N) is 4. The van der Waals surface area contributed by atoms with Gasteiger partial charge in [-0.15, -0.1) is 5.10 Å². The standard InChI is InChI=1S/C39H45N7O13/c1-38(2,3)36(54)58-19-46-22(18-40-45-46)17-27(44-37(55)59-39(4,5)6)34(51)41-21-11-9-20(10-12-21)32(49)42-25-15-13-23(28(47)30(25)56-7)33(50)43-26-16-14-24(35(52)53)29(48)31(26)57-8/h9-16,18,27,47-48H,17,19H2,1-8H3,(H,41,51)(H,42,49)(H,43,50)(H,44,55)(H,52,53)/t27-/m0/s1. The number of aromatic nitrogens is 3. The summed E-state index contributed by atoms with van der Waals surface area (Å²) in [5.41, 5.74) is -1.78. The van der Waals surface area contributed by atoms with Crippen LogP contribution in [0.1, 0.15) is 78.3 Å². The fraction of sp³-hybridized carbons (Fsp3) is 0.333. The lowest BCUT2D eigenvalue weighted by Crippen LogP contribution is -2.47. The minimum Gasteiger partial charge on any atom is -0.504 e. The van der Waals surface area contributed by atoms with Gasteiger partial charge in [-0.3, -0.25) is 19.2 Å². The van der Waals surface area contributed by atoms with Gasteiger partial charge in [-0.2, -0.15) is 0 Å². The monoisotopic (exact) mass is 819 g/mol. The molecular weight excluding hydrogens is 774 g/mol. The highest BCUT2D eigenvalue weighted by molar-refractivity contribution is 6.10. The van der Waals surface area contributed by atoms with E-state index < -0.39 is 69.9 Å². The van der Waals surface area contributed by atoms with Gasteiger partial charge >= 0.3 is 18.0 Å². The largest absolute Gasteiger partial charge is 0.504 e. The highest BCUT2D eigenvalue weighted by atomic mass is 16.6. The van der Waals surface area contributed by atoms with Crippen molar-refractivity contribution in [2.75, 3.05) is 30.2 Å². The number of carboxylic acids is 1. The summed E-state index contributed by atoms with van der Waals surface area (Å²) in [7, 11) is 2.36. The third kappa shape index (κ3) is 11.4. The van der Waals surface area contributed by atoms with Crippen molar-refractivity contribution in [3.8, 4) is 23.0 Å². The Bertz CT molecular complexity index is 2240. The van der Waals surface area contributed by atoms with Crippen molar-refractivity contribution < 1.29 is 63.0 Å². The molecule has 0 saturated carbocycles. The molecule has 3 aromatic carbocycles. The number of esters is 1. The van der Waals surface area contributed by atoms with Crippen molar-refractivity contribution in [3.63, 3.8) is 0 Å². The predicted molar refractivity (Wildman–Crippen MR) is 210 cm³/mol. The number of carboxylic acid groups (broad SMARTS) is 1. The highest BCUT2D eigenvalue weighted by Crippen LogP contribution is 2.40. The Morgan fingerprint density at radius 3 is 1.86 bits per heavy atom. The molecule has 1 aromatic heterocycles. The van der Waals surface area contributed by atoms with Crippen molar-refractivity contribution in [3.05, 3.63) is 77.1 Å². The van der Waals surface area contributed by atoms with Gasteiger partial charge < -0.3 is 55.5 Å². The van der Waals surface area contributed by atoms with Gasteiger partial charge in [-0.25, -0.2) is 14.3 Å². The zero-order valence-corrected chi connectivity index (χ0v) is 33.5. The third-order valence-corrected chi connectivity index (χ3v) is 8.11. The molecule has 7 N–H and O–H groups in total. The van der Waals surface area contributed by atoms with E-state index in [1.807, 2.05) is 0 Å². The van der Waals surface area contributed by atoms with Crippen molar-refractivity contribution >= 4 is 52.8 Å².